The standard InChI is InChI=1S/C22H18N2/c1-17-7-5-6-10-22(17)24-16-21(15-23-24)20-13-11-19(12-14-20)18-8-3-2-4-9-18/h2-16H,1H3. The van der Waals surface area contributed by atoms with E-state index in [1.54, 1.807) is 0 Å². The maximum absolute atomic E-state index is 4.52. The van der Waals surface area contributed by atoms with Gasteiger partial charge in [-0.2, -0.15) is 5.10 Å². The smallest absolute Gasteiger partial charge is 0.0674 e. The molecule has 0 radical (unpaired) electrons. The fourth-order valence-electron chi connectivity index (χ4n) is 2.91. The molecule has 2 nitrogen and oxygen atoms in total. The zero-order chi connectivity index (χ0) is 16.4. The fourth-order valence-corrected chi connectivity index (χ4v) is 2.91. The molecule has 1 heterocycles. The third-order valence-corrected chi connectivity index (χ3v) is 4.27. The van der Waals surface area contributed by atoms with Crippen molar-refractivity contribution in [3.8, 4) is 27.9 Å². The van der Waals surface area contributed by atoms with Gasteiger partial charge in [0.2, 0.25) is 0 Å². The Labute approximate surface area is 142 Å². The first-order valence-corrected chi connectivity index (χ1v) is 8.08. The highest BCUT2D eigenvalue weighted by Crippen LogP contribution is 2.25. The van der Waals surface area contributed by atoms with Crippen molar-refractivity contribution in [2.24, 2.45) is 0 Å². The molecule has 0 amide bonds. The van der Waals surface area contributed by atoms with Crippen LogP contribution in [0.3, 0.4) is 0 Å². The SMILES string of the molecule is Cc1ccccc1-n1cc(-c2ccc(-c3ccccc3)cc2)cn1. The van der Waals surface area contributed by atoms with Crippen LogP contribution in [-0.2, 0) is 0 Å². The number of rotatable bonds is 3. The highest BCUT2D eigenvalue weighted by atomic mass is 15.3. The van der Waals surface area contributed by atoms with Gasteiger partial charge in [0.1, 0.15) is 0 Å². The van der Waals surface area contributed by atoms with Crippen molar-refractivity contribution < 1.29 is 0 Å². The van der Waals surface area contributed by atoms with E-state index in [2.05, 4.69) is 78.9 Å². The zero-order valence-electron chi connectivity index (χ0n) is 13.6. The highest BCUT2D eigenvalue weighted by Gasteiger charge is 2.05. The second-order valence-electron chi connectivity index (χ2n) is 5.90. The van der Waals surface area contributed by atoms with Crippen LogP contribution in [0.2, 0.25) is 0 Å². The van der Waals surface area contributed by atoms with Crippen LogP contribution in [0.15, 0.2) is 91.3 Å². The summed E-state index contributed by atoms with van der Waals surface area (Å²) in [5, 5.41) is 4.52. The van der Waals surface area contributed by atoms with Gasteiger partial charge >= 0.3 is 0 Å². The molecule has 116 valence electrons. The number of hydrogen-bond acceptors (Lipinski definition) is 1. The lowest BCUT2D eigenvalue weighted by Crippen LogP contribution is -1.96. The Kier molecular flexibility index (Phi) is 3.72. The minimum Gasteiger partial charge on any atom is -0.240 e. The van der Waals surface area contributed by atoms with Crippen molar-refractivity contribution in [1.29, 1.82) is 0 Å². The van der Waals surface area contributed by atoms with E-state index in [9.17, 15) is 0 Å². The van der Waals surface area contributed by atoms with Crippen LogP contribution in [-0.4, -0.2) is 9.78 Å². The molecule has 24 heavy (non-hydrogen) atoms. The first kappa shape index (κ1) is 14.5. The van der Waals surface area contributed by atoms with E-state index >= 15 is 0 Å². The topological polar surface area (TPSA) is 17.8 Å². The minimum atomic E-state index is 1.12. The molecular weight excluding hydrogens is 292 g/mol. The van der Waals surface area contributed by atoms with Gasteiger partial charge < -0.3 is 0 Å². The molecule has 0 saturated heterocycles. The Morgan fingerprint density at radius 1 is 0.625 bits per heavy atom. The maximum Gasteiger partial charge on any atom is 0.0674 e. The second kappa shape index (κ2) is 6.17. The van der Waals surface area contributed by atoms with Gasteiger partial charge in [-0.1, -0.05) is 72.8 Å². The monoisotopic (exact) mass is 310 g/mol. The van der Waals surface area contributed by atoms with Crippen LogP contribution in [0.25, 0.3) is 27.9 Å². The summed E-state index contributed by atoms with van der Waals surface area (Å²) in [7, 11) is 0. The predicted octanol–water partition coefficient (Wildman–Crippen LogP) is 5.51. The molecule has 0 unspecified atom stereocenters. The molecular formula is C22H18N2. The molecule has 0 bridgehead atoms. The number of benzene rings is 3. The Hall–Kier alpha value is -3.13. The number of para-hydroxylation sites is 1. The van der Waals surface area contributed by atoms with Gasteiger partial charge in [0.05, 0.1) is 11.9 Å². The molecule has 1 aromatic heterocycles. The van der Waals surface area contributed by atoms with E-state index < -0.39 is 0 Å². The van der Waals surface area contributed by atoms with Crippen LogP contribution in [0, 0.1) is 6.92 Å². The quantitative estimate of drug-likeness (QED) is 0.487. The molecule has 0 N–H and O–H groups in total. The van der Waals surface area contributed by atoms with Crippen LogP contribution < -0.4 is 0 Å². The molecule has 4 rings (SSSR count). The lowest BCUT2D eigenvalue weighted by molar-refractivity contribution is 0.873. The van der Waals surface area contributed by atoms with Gasteiger partial charge in [0, 0.05) is 11.8 Å². The molecule has 3 aromatic carbocycles. The summed E-state index contributed by atoms with van der Waals surface area (Å²) in [6, 6.07) is 27.3. The highest BCUT2D eigenvalue weighted by molar-refractivity contribution is 5.70. The number of aryl methyl sites for hydroxylation is 1. The van der Waals surface area contributed by atoms with E-state index in [0.29, 0.717) is 0 Å². The van der Waals surface area contributed by atoms with Crippen molar-refractivity contribution >= 4 is 0 Å². The number of nitrogens with zero attached hydrogens (tertiary/aromatic N) is 2. The summed E-state index contributed by atoms with van der Waals surface area (Å²) in [5.74, 6) is 0. The Morgan fingerprint density at radius 2 is 1.21 bits per heavy atom. The molecule has 0 aliphatic carbocycles. The van der Waals surface area contributed by atoms with E-state index in [0.717, 1.165) is 11.3 Å². The Bertz CT molecular complexity index is 951. The predicted molar refractivity (Wildman–Crippen MR) is 99.2 cm³/mol. The van der Waals surface area contributed by atoms with Crippen LogP contribution in [0.5, 0.6) is 0 Å². The minimum absolute atomic E-state index is 1.12. The van der Waals surface area contributed by atoms with Crippen LogP contribution in [0.4, 0.5) is 0 Å². The third kappa shape index (κ3) is 2.74. The van der Waals surface area contributed by atoms with E-state index in [1.807, 2.05) is 29.1 Å². The van der Waals surface area contributed by atoms with Gasteiger partial charge in [0.15, 0.2) is 0 Å². The first-order chi connectivity index (χ1) is 11.8. The molecule has 2 heteroatoms. The molecule has 0 aliphatic rings. The molecule has 0 fully saturated rings. The van der Waals surface area contributed by atoms with Gasteiger partial charge in [-0.3, -0.25) is 0 Å². The van der Waals surface area contributed by atoms with Crippen molar-refractivity contribution in [3.05, 3.63) is 96.8 Å². The van der Waals surface area contributed by atoms with Gasteiger partial charge in [-0.25, -0.2) is 4.68 Å². The molecule has 0 spiro atoms. The largest absolute Gasteiger partial charge is 0.240 e. The molecule has 0 saturated carbocycles. The maximum atomic E-state index is 4.52. The van der Waals surface area contributed by atoms with Crippen molar-refractivity contribution in [1.82, 2.24) is 9.78 Å². The number of hydrogen-bond donors (Lipinski definition) is 0. The second-order valence-corrected chi connectivity index (χ2v) is 5.90. The third-order valence-electron chi connectivity index (χ3n) is 4.27. The summed E-state index contributed by atoms with van der Waals surface area (Å²) < 4.78 is 1.94. The lowest BCUT2D eigenvalue weighted by Gasteiger charge is -2.05. The normalized spacial score (nSPS) is 10.7. The fraction of sp³-hybridized carbons (Fsp3) is 0.0455. The van der Waals surface area contributed by atoms with E-state index in [1.165, 1.54) is 22.3 Å². The Morgan fingerprint density at radius 3 is 1.92 bits per heavy atom. The van der Waals surface area contributed by atoms with E-state index in [4.69, 9.17) is 0 Å². The zero-order valence-corrected chi connectivity index (χ0v) is 13.6. The van der Waals surface area contributed by atoms with Gasteiger partial charge in [-0.15, -0.1) is 0 Å². The average molecular weight is 310 g/mol. The lowest BCUT2D eigenvalue weighted by atomic mass is 10.0. The molecule has 0 atom stereocenters. The number of aromatic nitrogens is 2. The summed E-state index contributed by atoms with van der Waals surface area (Å²) in [4.78, 5) is 0. The Balaban J connectivity index is 1.65. The van der Waals surface area contributed by atoms with Crippen molar-refractivity contribution in [2.45, 2.75) is 6.92 Å². The van der Waals surface area contributed by atoms with Crippen LogP contribution >= 0.6 is 0 Å². The summed E-state index contributed by atoms with van der Waals surface area (Å²) in [6.07, 6.45) is 4.00. The van der Waals surface area contributed by atoms with Gasteiger partial charge in [0.25, 0.3) is 0 Å². The van der Waals surface area contributed by atoms with Crippen LogP contribution in [0.1, 0.15) is 5.56 Å². The summed E-state index contributed by atoms with van der Waals surface area (Å²) in [6.45, 7) is 2.10. The first-order valence-electron chi connectivity index (χ1n) is 8.08. The summed E-state index contributed by atoms with van der Waals surface area (Å²) in [5.41, 5.74) is 7.09. The van der Waals surface area contributed by atoms with E-state index in [-0.39, 0.29) is 0 Å². The average Bonchev–Trinajstić information content (AvgIpc) is 3.13. The van der Waals surface area contributed by atoms with Crippen molar-refractivity contribution in [3.63, 3.8) is 0 Å². The molecule has 0 aliphatic heterocycles. The van der Waals surface area contributed by atoms with Gasteiger partial charge in [-0.05, 0) is 35.2 Å². The summed E-state index contributed by atoms with van der Waals surface area (Å²) >= 11 is 0. The van der Waals surface area contributed by atoms with Crippen molar-refractivity contribution in [2.75, 3.05) is 0 Å². The molecule has 4 aromatic rings.